The van der Waals surface area contributed by atoms with Crippen LogP contribution in [0.15, 0.2) is 24.8 Å². The van der Waals surface area contributed by atoms with Crippen molar-refractivity contribution in [1.82, 2.24) is 0 Å². The smallest absolute Gasteiger partial charge is 0.0205 e. The number of hydrogen-bond acceptors (Lipinski definition) is 0. The van der Waals surface area contributed by atoms with Gasteiger partial charge in [-0.15, -0.1) is 6.58 Å². The molecule has 0 aromatic rings. The summed E-state index contributed by atoms with van der Waals surface area (Å²) in [7, 11) is 0. The second-order valence-electron chi connectivity index (χ2n) is 12.3. The quantitative estimate of drug-likeness (QED) is 0.256. The Hall–Kier alpha value is -0.520. The van der Waals surface area contributed by atoms with Crippen LogP contribution in [0.3, 0.4) is 0 Å². The SMILES string of the molecule is C=CC1CC1CC(CC(C)C1C=CC(C)CC(C)CCC1)C(CCC)CCCC(C)C. The average molecular weight is 429 g/mol. The summed E-state index contributed by atoms with van der Waals surface area (Å²) in [5.74, 6) is 7.74. The summed E-state index contributed by atoms with van der Waals surface area (Å²) < 4.78 is 0. The van der Waals surface area contributed by atoms with E-state index in [2.05, 4.69) is 66.3 Å². The highest BCUT2D eigenvalue weighted by Gasteiger charge is 2.38. The van der Waals surface area contributed by atoms with E-state index in [1.54, 1.807) is 0 Å². The Morgan fingerprint density at radius 1 is 0.968 bits per heavy atom. The van der Waals surface area contributed by atoms with Crippen molar-refractivity contribution < 1.29 is 0 Å². The molecular weight excluding hydrogens is 372 g/mol. The predicted octanol–water partition coefficient (Wildman–Crippen LogP) is 10.1. The summed E-state index contributed by atoms with van der Waals surface area (Å²) in [4.78, 5) is 0. The third-order valence-corrected chi connectivity index (χ3v) is 8.67. The molecule has 0 radical (unpaired) electrons. The molecule has 2 aliphatic carbocycles. The number of hydrogen-bond donors (Lipinski definition) is 0. The van der Waals surface area contributed by atoms with Gasteiger partial charge in [0.15, 0.2) is 0 Å². The van der Waals surface area contributed by atoms with E-state index in [0.717, 1.165) is 53.3 Å². The van der Waals surface area contributed by atoms with Crippen molar-refractivity contribution >= 4 is 0 Å². The van der Waals surface area contributed by atoms with Crippen molar-refractivity contribution in [2.45, 2.75) is 119 Å². The highest BCUT2D eigenvalue weighted by atomic mass is 14.4. The lowest BCUT2D eigenvalue weighted by atomic mass is 9.73. The standard InChI is InChI=1S/C31H56/c1-8-12-29(16-10-13-23(3)4)30(22-31-21-27(31)9-2)20-26(7)28-15-11-14-24(5)19-25(6)17-18-28/h9,17-18,23-31H,2,8,10-16,19-22H2,1,3-7H3. The minimum absolute atomic E-state index is 0.752. The summed E-state index contributed by atoms with van der Waals surface area (Å²) in [5.41, 5.74) is 0. The van der Waals surface area contributed by atoms with Crippen molar-refractivity contribution in [3.8, 4) is 0 Å². The van der Waals surface area contributed by atoms with Gasteiger partial charge < -0.3 is 0 Å². The van der Waals surface area contributed by atoms with Crippen LogP contribution >= 0.6 is 0 Å². The summed E-state index contributed by atoms with van der Waals surface area (Å²) in [5, 5.41) is 0. The van der Waals surface area contributed by atoms with Crippen LogP contribution in [-0.2, 0) is 0 Å². The first-order valence-corrected chi connectivity index (χ1v) is 14.1. The molecule has 0 nitrogen and oxygen atoms in total. The molecule has 0 bridgehead atoms. The van der Waals surface area contributed by atoms with Gasteiger partial charge in [0.1, 0.15) is 0 Å². The second kappa shape index (κ2) is 13.9. The summed E-state index contributed by atoms with van der Waals surface area (Å²) in [6.45, 7) is 18.8. The highest BCUT2D eigenvalue weighted by molar-refractivity contribution is 5.00. The third kappa shape index (κ3) is 9.88. The van der Waals surface area contributed by atoms with Crippen LogP contribution in [-0.4, -0.2) is 0 Å². The minimum atomic E-state index is 0.752. The zero-order valence-corrected chi connectivity index (χ0v) is 22.1. The monoisotopic (exact) mass is 428 g/mol. The van der Waals surface area contributed by atoms with E-state index in [9.17, 15) is 0 Å². The first-order valence-electron chi connectivity index (χ1n) is 14.1. The third-order valence-electron chi connectivity index (χ3n) is 8.67. The fourth-order valence-corrected chi connectivity index (χ4v) is 6.56. The molecule has 0 aromatic heterocycles. The zero-order valence-electron chi connectivity index (χ0n) is 22.1. The van der Waals surface area contributed by atoms with E-state index in [1.165, 1.54) is 77.0 Å². The zero-order chi connectivity index (χ0) is 22.8. The summed E-state index contributed by atoms with van der Waals surface area (Å²) >= 11 is 0. The van der Waals surface area contributed by atoms with Crippen LogP contribution in [0.1, 0.15) is 119 Å². The van der Waals surface area contributed by atoms with Crippen LogP contribution in [0.4, 0.5) is 0 Å². The molecule has 0 amide bonds. The molecule has 0 aromatic carbocycles. The predicted molar refractivity (Wildman–Crippen MR) is 140 cm³/mol. The van der Waals surface area contributed by atoms with Crippen molar-refractivity contribution in [2.24, 2.45) is 53.3 Å². The lowest BCUT2D eigenvalue weighted by molar-refractivity contribution is 0.194. The molecule has 0 heterocycles. The number of rotatable bonds is 13. The van der Waals surface area contributed by atoms with E-state index < -0.39 is 0 Å². The normalized spacial score (nSPS) is 32.0. The van der Waals surface area contributed by atoms with Gasteiger partial charge in [-0.2, -0.15) is 0 Å². The maximum absolute atomic E-state index is 4.10. The molecule has 0 aliphatic heterocycles. The van der Waals surface area contributed by atoms with Crippen molar-refractivity contribution in [1.29, 1.82) is 0 Å². The molecule has 0 saturated heterocycles. The molecular formula is C31H56. The Morgan fingerprint density at radius 2 is 1.74 bits per heavy atom. The van der Waals surface area contributed by atoms with Gasteiger partial charge in [-0.1, -0.05) is 105 Å². The number of allylic oxidation sites excluding steroid dienone is 3. The van der Waals surface area contributed by atoms with Gasteiger partial charge in [0.2, 0.25) is 0 Å². The van der Waals surface area contributed by atoms with Gasteiger partial charge >= 0.3 is 0 Å². The van der Waals surface area contributed by atoms with Crippen molar-refractivity contribution in [2.75, 3.05) is 0 Å². The minimum Gasteiger partial charge on any atom is -0.103 e. The molecule has 1 fully saturated rings. The first-order chi connectivity index (χ1) is 14.8. The summed E-state index contributed by atoms with van der Waals surface area (Å²) in [6.07, 6.45) is 24.5. The van der Waals surface area contributed by atoms with Gasteiger partial charge in [-0.3, -0.25) is 0 Å². The Balaban J connectivity index is 2.05. The van der Waals surface area contributed by atoms with E-state index in [1.807, 2.05) is 0 Å². The molecule has 0 spiro atoms. The molecule has 1 saturated carbocycles. The Bertz CT molecular complexity index is 514. The molecule has 31 heavy (non-hydrogen) atoms. The van der Waals surface area contributed by atoms with Crippen molar-refractivity contribution in [3.63, 3.8) is 0 Å². The van der Waals surface area contributed by atoms with Crippen LogP contribution in [0.5, 0.6) is 0 Å². The fraction of sp³-hybridized carbons (Fsp3) is 0.871. The lowest BCUT2D eigenvalue weighted by Crippen LogP contribution is -2.22. The van der Waals surface area contributed by atoms with E-state index in [0.29, 0.717) is 0 Å². The van der Waals surface area contributed by atoms with E-state index in [4.69, 9.17) is 0 Å². The van der Waals surface area contributed by atoms with E-state index in [-0.39, 0.29) is 0 Å². The van der Waals surface area contributed by atoms with Crippen molar-refractivity contribution in [3.05, 3.63) is 24.8 Å². The Labute approximate surface area is 196 Å². The van der Waals surface area contributed by atoms with Crippen LogP contribution in [0, 0.1) is 53.3 Å². The van der Waals surface area contributed by atoms with Gasteiger partial charge in [-0.25, -0.2) is 0 Å². The molecule has 2 rings (SSSR count). The molecule has 0 heteroatoms. The lowest BCUT2D eigenvalue weighted by Gasteiger charge is -2.32. The second-order valence-corrected chi connectivity index (χ2v) is 12.3. The maximum atomic E-state index is 4.10. The fourth-order valence-electron chi connectivity index (χ4n) is 6.56. The summed E-state index contributed by atoms with van der Waals surface area (Å²) in [6, 6.07) is 0. The molecule has 0 N–H and O–H groups in total. The van der Waals surface area contributed by atoms with Gasteiger partial charge in [0.25, 0.3) is 0 Å². The van der Waals surface area contributed by atoms with Crippen LogP contribution < -0.4 is 0 Å². The van der Waals surface area contributed by atoms with Crippen LogP contribution in [0.25, 0.3) is 0 Å². The van der Waals surface area contributed by atoms with E-state index >= 15 is 0 Å². The largest absolute Gasteiger partial charge is 0.103 e. The van der Waals surface area contributed by atoms with Gasteiger partial charge in [0, 0.05) is 0 Å². The Morgan fingerprint density at radius 3 is 2.39 bits per heavy atom. The molecule has 8 atom stereocenters. The van der Waals surface area contributed by atoms with Gasteiger partial charge in [0.05, 0.1) is 0 Å². The molecule has 8 unspecified atom stereocenters. The molecule has 2 aliphatic rings. The first kappa shape index (κ1) is 26.7. The van der Waals surface area contributed by atoms with Crippen LogP contribution in [0.2, 0.25) is 0 Å². The maximum Gasteiger partial charge on any atom is -0.0205 e. The average Bonchev–Trinajstić information content (AvgIpc) is 3.45. The van der Waals surface area contributed by atoms with Gasteiger partial charge in [-0.05, 0) is 85.4 Å². The molecule has 180 valence electrons. The Kier molecular flexibility index (Phi) is 12.0. The highest BCUT2D eigenvalue weighted by Crippen LogP contribution is 2.48. The topological polar surface area (TPSA) is 0 Å².